The van der Waals surface area contributed by atoms with Crippen molar-refractivity contribution in [2.45, 2.75) is 58.3 Å². The Labute approximate surface area is 222 Å². The molecule has 2 atom stereocenters. The van der Waals surface area contributed by atoms with Crippen molar-refractivity contribution in [1.82, 2.24) is 15.2 Å². The second-order valence-electron chi connectivity index (χ2n) is 9.58. The Kier molecular flexibility index (Phi) is 8.93. The lowest BCUT2D eigenvalue weighted by Gasteiger charge is -2.13. The summed E-state index contributed by atoms with van der Waals surface area (Å²) in [7, 11) is 0. The highest BCUT2D eigenvalue weighted by Gasteiger charge is 2.25. The normalized spacial score (nSPS) is 18.2. The molecule has 2 aromatic carbocycles. The van der Waals surface area contributed by atoms with E-state index in [2.05, 4.69) is 41.5 Å². The third-order valence-corrected chi connectivity index (χ3v) is 7.63. The quantitative estimate of drug-likeness (QED) is 0.430. The van der Waals surface area contributed by atoms with E-state index >= 15 is 0 Å². The van der Waals surface area contributed by atoms with Crippen molar-refractivity contribution in [2.24, 2.45) is 0 Å². The minimum absolute atomic E-state index is 0.0330. The molecule has 1 aliphatic heterocycles. The lowest BCUT2D eigenvalue weighted by molar-refractivity contribution is -0.117. The van der Waals surface area contributed by atoms with Crippen molar-refractivity contribution in [3.8, 4) is 32.8 Å². The lowest BCUT2D eigenvalue weighted by Crippen LogP contribution is -2.19. The largest absolute Gasteiger partial charge is 0.490 e. The van der Waals surface area contributed by atoms with Gasteiger partial charge in [-0.15, -0.1) is 11.3 Å². The molecular formula is C29H34N4O3S. The van der Waals surface area contributed by atoms with Gasteiger partial charge in [-0.3, -0.25) is 4.79 Å². The van der Waals surface area contributed by atoms with Crippen LogP contribution in [0.2, 0.25) is 0 Å². The van der Waals surface area contributed by atoms with Crippen LogP contribution in [-0.4, -0.2) is 53.2 Å². The van der Waals surface area contributed by atoms with E-state index in [1.807, 2.05) is 38.2 Å². The fourth-order valence-corrected chi connectivity index (χ4v) is 5.81. The second-order valence-corrected chi connectivity index (χ2v) is 10.6. The van der Waals surface area contributed by atoms with Crippen molar-refractivity contribution >= 4 is 17.7 Å². The molecule has 1 aromatic heterocycles. The zero-order valence-electron chi connectivity index (χ0n) is 21.6. The number of likely N-dealkylation sites (tertiary alicyclic amines) is 1. The van der Waals surface area contributed by atoms with E-state index in [1.165, 1.54) is 21.6 Å². The highest BCUT2D eigenvalue weighted by atomic mass is 32.1. The van der Waals surface area contributed by atoms with Gasteiger partial charge in [0.2, 0.25) is 6.41 Å². The third kappa shape index (κ3) is 6.37. The SMILES string of the molecule is CCNC1CCc2c(-c3cnc(-c4ccc(OC(C)C)c(C#N)c4)s3)cccc21.O=CN1CCC(O)C1. The molecule has 0 spiro atoms. The summed E-state index contributed by atoms with van der Waals surface area (Å²) in [6.45, 7) is 8.29. The number of nitriles is 1. The number of nitrogens with one attached hydrogen (secondary N) is 1. The average molecular weight is 519 g/mol. The number of rotatable bonds is 7. The molecule has 0 saturated carbocycles. The molecule has 1 saturated heterocycles. The maximum atomic E-state index is 9.97. The van der Waals surface area contributed by atoms with Crippen molar-refractivity contribution < 1.29 is 14.6 Å². The molecular weight excluding hydrogens is 484 g/mol. The number of aliphatic hydroxyl groups is 1. The Morgan fingerprint density at radius 3 is 2.81 bits per heavy atom. The Hall–Kier alpha value is -3.25. The highest BCUT2D eigenvalue weighted by molar-refractivity contribution is 7.18. The molecule has 5 rings (SSSR count). The number of ether oxygens (including phenoxy) is 1. The molecule has 2 N–H and O–H groups in total. The zero-order valence-corrected chi connectivity index (χ0v) is 22.4. The molecule has 37 heavy (non-hydrogen) atoms. The van der Waals surface area contributed by atoms with Crippen molar-refractivity contribution in [3.05, 3.63) is 59.3 Å². The molecule has 7 nitrogen and oxygen atoms in total. The minimum Gasteiger partial charge on any atom is -0.490 e. The Balaban J connectivity index is 0.000000342. The fraction of sp³-hybridized carbons (Fsp3) is 0.414. The van der Waals surface area contributed by atoms with E-state index in [0.717, 1.165) is 42.8 Å². The van der Waals surface area contributed by atoms with Crippen LogP contribution in [0.25, 0.3) is 21.0 Å². The molecule has 1 aliphatic carbocycles. The molecule has 1 amide bonds. The third-order valence-electron chi connectivity index (χ3n) is 6.55. The predicted octanol–water partition coefficient (Wildman–Crippen LogP) is 4.94. The first-order valence-corrected chi connectivity index (χ1v) is 13.6. The average Bonchev–Trinajstić information content (AvgIpc) is 3.65. The van der Waals surface area contributed by atoms with Gasteiger partial charge in [0.25, 0.3) is 0 Å². The van der Waals surface area contributed by atoms with Crippen LogP contribution >= 0.6 is 11.3 Å². The van der Waals surface area contributed by atoms with Gasteiger partial charge in [-0.1, -0.05) is 25.1 Å². The lowest BCUT2D eigenvalue weighted by atomic mass is 10.0. The summed E-state index contributed by atoms with van der Waals surface area (Å²) >= 11 is 1.68. The van der Waals surface area contributed by atoms with Crippen LogP contribution in [0.4, 0.5) is 0 Å². The number of hydrogen-bond donors (Lipinski definition) is 2. The number of amides is 1. The molecule has 1 fully saturated rings. The van der Waals surface area contributed by atoms with E-state index in [-0.39, 0.29) is 12.2 Å². The van der Waals surface area contributed by atoms with Crippen LogP contribution in [0, 0.1) is 11.3 Å². The Bertz CT molecular complexity index is 1270. The predicted molar refractivity (Wildman–Crippen MR) is 146 cm³/mol. The van der Waals surface area contributed by atoms with Crippen molar-refractivity contribution in [1.29, 1.82) is 5.26 Å². The summed E-state index contributed by atoms with van der Waals surface area (Å²) in [4.78, 5) is 17.4. The summed E-state index contributed by atoms with van der Waals surface area (Å²) < 4.78 is 5.74. The standard InChI is InChI=1S/C24H25N3OS.C5H9NO2/c1-4-26-21-10-9-18-19(21)6-5-7-20(18)23-14-27-24(29-23)16-8-11-22(28-15(2)3)17(12-16)13-25;7-4-6-2-1-5(8)3-6/h5-8,11-12,14-15,21,26H,4,9-10H2,1-3H3;4-5,8H,1-3H2. The van der Waals surface area contributed by atoms with Gasteiger partial charge in [0.15, 0.2) is 0 Å². The van der Waals surface area contributed by atoms with E-state index in [4.69, 9.17) is 9.84 Å². The molecule has 0 radical (unpaired) electrons. The number of carbonyl (C=O) groups excluding carboxylic acids is 1. The number of thiazole rings is 1. The van der Waals surface area contributed by atoms with Crippen LogP contribution < -0.4 is 10.1 Å². The molecule has 3 aromatic rings. The van der Waals surface area contributed by atoms with Crippen LogP contribution in [0.1, 0.15) is 56.3 Å². The number of carbonyl (C=O) groups is 1. The van der Waals surface area contributed by atoms with Gasteiger partial charge >= 0.3 is 0 Å². The summed E-state index contributed by atoms with van der Waals surface area (Å²) in [5.74, 6) is 0.623. The van der Waals surface area contributed by atoms with Crippen molar-refractivity contribution in [2.75, 3.05) is 19.6 Å². The topological polar surface area (TPSA) is 98.5 Å². The summed E-state index contributed by atoms with van der Waals surface area (Å²) in [5.41, 5.74) is 5.63. The first-order chi connectivity index (χ1) is 17.9. The Morgan fingerprint density at radius 2 is 2.16 bits per heavy atom. The number of aliphatic hydroxyl groups excluding tert-OH is 1. The van der Waals surface area contributed by atoms with Gasteiger partial charge in [-0.05, 0) is 74.5 Å². The second kappa shape index (κ2) is 12.3. The smallest absolute Gasteiger partial charge is 0.209 e. The van der Waals surface area contributed by atoms with E-state index in [1.54, 1.807) is 16.2 Å². The van der Waals surface area contributed by atoms with E-state index < -0.39 is 0 Å². The molecule has 8 heteroatoms. The molecule has 0 bridgehead atoms. The number of fused-ring (bicyclic) bond motifs is 1. The molecule has 2 unspecified atom stereocenters. The van der Waals surface area contributed by atoms with Crippen LogP contribution in [0.3, 0.4) is 0 Å². The number of aromatic nitrogens is 1. The monoisotopic (exact) mass is 518 g/mol. The number of benzene rings is 2. The van der Waals surface area contributed by atoms with Gasteiger partial charge in [0.1, 0.15) is 16.8 Å². The first kappa shape index (κ1) is 26.8. The maximum Gasteiger partial charge on any atom is 0.209 e. The summed E-state index contributed by atoms with van der Waals surface area (Å²) in [6, 6.07) is 15.0. The summed E-state index contributed by atoms with van der Waals surface area (Å²) in [6.07, 6.45) is 5.46. The fourth-order valence-electron chi connectivity index (χ4n) is 4.85. The van der Waals surface area contributed by atoms with Crippen LogP contribution in [0.5, 0.6) is 5.75 Å². The minimum atomic E-state index is -0.278. The molecule has 194 valence electrons. The Morgan fingerprint density at radius 1 is 1.32 bits per heavy atom. The van der Waals surface area contributed by atoms with Crippen molar-refractivity contribution in [3.63, 3.8) is 0 Å². The van der Waals surface area contributed by atoms with Gasteiger partial charge in [-0.2, -0.15) is 5.26 Å². The number of β-amino-alcohol motifs (C(OH)–C–C–N with tert-alkyl or cyclic N) is 1. The zero-order chi connectivity index (χ0) is 26.4. The summed E-state index contributed by atoms with van der Waals surface area (Å²) in [5, 5.41) is 22.8. The number of hydrogen-bond acceptors (Lipinski definition) is 7. The number of nitrogens with zero attached hydrogens (tertiary/aromatic N) is 3. The van der Waals surface area contributed by atoms with E-state index in [0.29, 0.717) is 30.4 Å². The van der Waals surface area contributed by atoms with Crippen LogP contribution in [0.15, 0.2) is 42.6 Å². The first-order valence-electron chi connectivity index (χ1n) is 12.8. The van der Waals surface area contributed by atoms with Crippen LogP contribution in [-0.2, 0) is 11.2 Å². The van der Waals surface area contributed by atoms with Gasteiger partial charge in [0.05, 0.1) is 22.6 Å². The van der Waals surface area contributed by atoms with Gasteiger partial charge < -0.3 is 20.1 Å². The van der Waals surface area contributed by atoms with Gasteiger partial charge in [0, 0.05) is 30.9 Å². The maximum absolute atomic E-state index is 9.97. The molecule has 2 heterocycles. The molecule has 2 aliphatic rings. The van der Waals surface area contributed by atoms with E-state index in [9.17, 15) is 10.1 Å². The highest BCUT2D eigenvalue weighted by Crippen LogP contribution is 2.41. The van der Waals surface area contributed by atoms with Gasteiger partial charge in [-0.25, -0.2) is 4.98 Å².